The van der Waals surface area contributed by atoms with Crippen molar-refractivity contribution in [2.24, 2.45) is 5.92 Å². The zero-order valence-corrected chi connectivity index (χ0v) is 21.0. The maximum Gasteiger partial charge on any atom is 0.394 e. The highest BCUT2D eigenvalue weighted by Crippen LogP contribution is 2.31. The summed E-state index contributed by atoms with van der Waals surface area (Å²) < 4.78 is 63.2. The SMILES string of the molecule is CCOc1cc(CC(=N)C(=O)[C@H](CC)CO)ccc1S(=O)(=O)Cc1ccc(C)c(OC(C)(F)F)c1. The molecule has 2 aromatic carbocycles. The Kier molecular flexibility index (Phi) is 9.51. The van der Waals surface area contributed by atoms with E-state index >= 15 is 0 Å². The highest BCUT2D eigenvalue weighted by Gasteiger charge is 2.26. The number of halogens is 2. The smallest absolute Gasteiger partial charge is 0.394 e. The van der Waals surface area contributed by atoms with Crippen LogP contribution in [0.5, 0.6) is 11.5 Å². The molecular formula is C25H31F2NO6S. The molecule has 35 heavy (non-hydrogen) atoms. The average Bonchev–Trinajstić information content (AvgIpc) is 2.76. The Morgan fingerprint density at radius 3 is 2.31 bits per heavy atom. The van der Waals surface area contributed by atoms with Gasteiger partial charge in [-0.05, 0) is 55.2 Å². The third-order valence-electron chi connectivity index (χ3n) is 5.30. The zero-order chi connectivity index (χ0) is 26.4. The second-order valence-electron chi connectivity index (χ2n) is 8.29. The van der Waals surface area contributed by atoms with Gasteiger partial charge in [-0.15, -0.1) is 0 Å². The van der Waals surface area contributed by atoms with Crippen LogP contribution in [0.15, 0.2) is 41.3 Å². The molecule has 0 aliphatic carbocycles. The molecule has 0 aromatic heterocycles. The summed E-state index contributed by atoms with van der Waals surface area (Å²) in [7, 11) is -3.94. The monoisotopic (exact) mass is 511 g/mol. The number of aliphatic hydroxyl groups excluding tert-OH is 1. The van der Waals surface area contributed by atoms with Gasteiger partial charge in [0.05, 0.1) is 24.7 Å². The lowest BCUT2D eigenvalue weighted by Gasteiger charge is -2.17. The average molecular weight is 512 g/mol. The van der Waals surface area contributed by atoms with Crippen LogP contribution in [-0.2, 0) is 26.8 Å². The van der Waals surface area contributed by atoms with Gasteiger partial charge in [-0.25, -0.2) is 8.42 Å². The van der Waals surface area contributed by atoms with E-state index in [1.54, 1.807) is 20.8 Å². The van der Waals surface area contributed by atoms with Gasteiger partial charge < -0.3 is 20.0 Å². The topological polar surface area (TPSA) is 114 Å². The van der Waals surface area contributed by atoms with E-state index in [1.807, 2.05) is 0 Å². The first-order valence-electron chi connectivity index (χ1n) is 11.2. The minimum atomic E-state index is -3.94. The first-order chi connectivity index (χ1) is 16.3. The minimum absolute atomic E-state index is 0.0420. The van der Waals surface area contributed by atoms with Crippen LogP contribution < -0.4 is 9.47 Å². The fraction of sp³-hybridized carbons (Fsp3) is 0.440. The third kappa shape index (κ3) is 7.83. The lowest BCUT2D eigenvalue weighted by molar-refractivity contribution is -0.159. The Balaban J connectivity index is 2.33. The van der Waals surface area contributed by atoms with Gasteiger partial charge in [0, 0.05) is 19.3 Å². The van der Waals surface area contributed by atoms with Crippen LogP contribution in [0.3, 0.4) is 0 Å². The second kappa shape index (κ2) is 11.7. The van der Waals surface area contributed by atoms with E-state index < -0.39 is 33.4 Å². The van der Waals surface area contributed by atoms with Crippen LogP contribution in [0.25, 0.3) is 0 Å². The summed E-state index contributed by atoms with van der Waals surface area (Å²) >= 11 is 0. The van der Waals surface area contributed by atoms with E-state index in [1.165, 1.54) is 36.4 Å². The van der Waals surface area contributed by atoms with Crippen molar-refractivity contribution < 1.29 is 36.6 Å². The largest absolute Gasteiger partial charge is 0.493 e. The quantitative estimate of drug-likeness (QED) is 0.383. The maximum atomic E-state index is 13.3. The molecule has 192 valence electrons. The van der Waals surface area contributed by atoms with Gasteiger partial charge in [0.25, 0.3) is 0 Å². The molecule has 0 saturated carbocycles. The van der Waals surface area contributed by atoms with Gasteiger partial charge in [-0.2, -0.15) is 8.78 Å². The van der Waals surface area contributed by atoms with Crippen LogP contribution in [0.2, 0.25) is 0 Å². The number of sulfone groups is 1. The number of nitrogens with one attached hydrogen (secondary N) is 1. The van der Waals surface area contributed by atoms with Crippen molar-refractivity contribution in [3.8, 4) is 11.5 Å². The third-order valence-corrected chi connectivity index (χ3v) is 7.02. The van der Waals surface area contributed by atoms with Crippen molar-refractivity contribution >= 4 is 21.3 Å². The van der Waals surface area contributed by atoms with Crippen LogP contribution in [0, 0.1) is 18.3 Å². The number of ether oxygens (including phenoxy) is 2. The molecular weight excluding hydrogens is 480 g/mol. The van der Waals surface area contributed by atoms with Crippen molar-refractivity contribution in [2.75, 3.05) is 13.2 Å². The van der Waals surface area contributed by atoms with Crippen molar-refractivity contribution in [3.63, 3.8) is 0 Å². The van der Waals surface area contributed by atoms with Crippen molar-refractivity contribution in [1.29, 1.82) is 5.41 Å². The highest BCUT2D eigenvalue weighted by atomic mass is 32.2. The standard InChI is InChI=1S/C25H31F2NO6S/c1-5-19(14-29)24(30)20(28)11-17-9-10-23(22(12-17)33-6-2)35(31,32)15-18-8-7-16(3)21(13-18)34-25(4,26)27/h7-10,12-13,19,28-29H,5-6,11,14-15H2,1-4H3/t19-/m1/s1. The zero-order valence-electron chi connectivity index (χ0n) is 20.2. The Hall–Kier alpha value is -2.85. The molecule has 2 rings (SSSR count). The Morgan fingerprint density at radius 2 is 1.74 bits per heavy atom. The van der Waals surface area contributed by atoms with Crippen LogP contribution in [0.1, 0.15) is 43.9 Å². The molecule has 0 bridgehead atoms. The van der Waals surface area contributed by atoms with E-state index in [-0.39, 0.29) is 47.3 Å². The molecule has 0 heterocycles. The van der Waals surface area contributed by atoms with Gasteiger partial charge >= 0.3 is 6.11 Å². The summed E-state index contributed by atoms with van der Waals surface area (Å²) in [6.45, 7) is 5.45. The molecule has 0 unspecified atom stereocenters. The second-order valence-corrected chi connectivity index (χ2v) is 10.2. The summed E-state index contributed by atoms with van der Waals surface area (Å²) in [5.74, 6) is -1.61. The minimum Gasteiger partial charge on any atom is -0.493 e. The number of aliphatic hydroxyl groups is 1. The summed E-state index contributed by atoms with van der Waals surface area (Å²) in [4.78, 5) is 12.2. The Labute approximate surface area is 204 Å². The number of ketones is 1. The molecule has 1 atom stereocenters. The molecule has 2 aromatic rings. The Bertz CT molecular complexity index is 1170. The van der Waals surface area contributed by atoms with Crippen molar-refractivity contribution in [1.82, 2.24) is 0 Å². The van der Waals surface area contributed by atoms with E-state index in [4.69, 9.17) is 10.1 Å². The summed E-state index contributed by atoms with van der Waals surface area (Å²) in [5.41, 5.74) is 1.03. The number of rotatable bonds is 13. The number of Topliss-reactive ketones (excluding diaryl/α,β-unsaturated/α-hetero) is 1. The summed E-state index contributed by atoms with van der Waals surface area (Å²) in [6, 6.07) is 8.63. The predicted molar refractivity (Wildman–Crippen MR) is 128 cm³/mol. The van der Waals surface area contributed by atoms with Gasteiger partial charge in [-0.1, -0.05) is 25.1 Å². The van der Waals surface area contributed by atoms with Gasteiger partial charge in [0.15, 0.2) is 15.6 Å². The number of carbonyl (C=O) groups is 1. The highest BCUT2D eigenvalue weighted by molar-refractivity contribution is 7.90. The number of carbonyl (C=O) groups excluding carboxylic acids is 1. The van der Waals surface area contributed by atoms with Crippen molar-refractivity contribution in [3.05, 3.63) is 53.1 Å². The number of hydrogen-bond acceptors (Lipinski definition) is 7. The molecule has 0 saturated heterocycles. The first-order valence-corrected chi connectivity index (χ1v) is 12.8. The van der Waals surface area contributed by atoms with Gasteiger partial charge in [0.2, 0.25) is 0 Å². The predicted octanol–water partition coefficient (Wildman–Crippen LogP) is 4.51. The molecule has 0 aliphatic rings. The molecule has 0 radical (unpaired) electrons. The van der Waals surface area contributed by atoms with Crippen molar-refractivity contribution in [2.45, 2.75) is 57.3 Å². The fourth-order valence-corrected chi connectivity index (χ4v) is 4.93. The van der Waals surface area contributed by atoms with Gasteiger partial charge in [0.1, 0.15) is 16.4 Å². The number of aryl methyl sites for hydroxylation is 1. The molecule has 10 heteroatoms. The van der Waals surface area contributed by atoms with E-state index in [0.717, 1.165) is 0 Å². The van der Waals surface area contributed by atoms with E-state index in [0.29, 0.717) is 24.5 Å². The summed E-state index contributed by atoms with van der Waals surface area (Å²) in [5, 5.41) is 17.4. The summed E-state index contributed by atoms with van der Waals surface area (Å²) in [6.07, 6.45) is -3.05. The van der Waals surface area contributed by atoms with Crippen LogP contribution in [-0.4, -0.2) is 44.3 Å². The lowest BCUT2D eigenvalue weighted by atomic mass is 9.95. The van der Waals surface area contributed by atoms with Crippen LogP contribution in [0.4, 0.5) is 8.78 Å². The molecule has 0 spiro atoms. The maximum absolute atomic E-state index is 13.3. The number of alkyl halides is 2. The number of hydrogen-bond donors (Lipinski definition) is 2. The lowest BCUT2D eigenvalue weighted by Crippen LogP contribution is -2.27. The Morgan fingerprint density at radius 1 is 1.11 bits per heavy atom. The first kappa shape index (κ1) is 28.4. The van der Waals surface area contributed by atoms with Gasteiger partial charge in [-0.3, -0.25) is 4.79 Å². The molecule has 0 fully saturated rings. The van der Waals surface area contributed by atoms with E-state index in [2.05, 4.69) is 4.74 Å². The molecule has 0 amide bonds. The van der Waals surface area contributed by atoms with E-state index in [9.17, 15) is 27.1 Å². The number of benzene rings is 2. The molecule has 7 nitrogen and oxygen atoms in total. The normalized spacial score (nSPS) is 12.8. The fourth-order valence-electron chi connectivity index (χ4n) is 3.46. The van der Waals surface area contributed by atoms with Crippen LogP contribution >= 0.6 is 0 Å². The molecule has 2 N–H and O–H groups in total. The molecule has 0 aliphatic heterocycles.